The number of ketones is 1. The van der Waals surface area contributed by atoms with E-state index in [-0.39, 0.29) is 24.3 Å². The second-order valence-corrected chi connectivity index (χ2v) is 7.26. The quantitative estimate of drug-likeness (QED) is 0.462. The maximum Gasteiger partial charge on any atom is 0.251 e. The van der Waals surface area contributed by atoms with Crippen molar-refractivity contribution < 1.29 is 19.5 Å². The Balaban J connectivity index is 1.60. The Morgan fingerprint density at radius 1 is 1.00 bits per heavy atom. The lowest BCUT2D eigenvalue weighted by Crippen LogP contribution is -2.38. The molecule has 1 aromatic heterocycles. The maximum absolute atomic E-state index is 12.2. The van der Waals surface area contributed by atoms with Crippen LogP contribution in [0.25, 0.3) is 0 Å². The maximum atomic E-state index is 12.2. The molecule has 0 saturated carbocycles. The number of amides is 2. The van der Waals surface area contributed by atoms with Crippen molar-refractivity contribution in [2.45, 2.75) is 38.7 Å². The van der Waals surface area contributed by atoms with Crippen molar-refractivity contribution in [3.8, 4) is 0 Å². The largest absolute Gasteiger partial charge is 0.385 e. The highest BCUT2D eigenvalue weighted by Crippen LogP contribution is 2.07. The van der Waals surface area contributed by atoms with Crippen LogP contribution in [0.3, 0.4) is 0 Å². The molecule has 160 valence electrons. The molecule has 2 unspecified atom stereocenters. The Hall–Kier alpha value is -3.06. The Morgan fingerprint density at radius 2 is 1.70 bits per heavy atom. The molecule has 2 atom stereocenters. The molecule has 2 amide bonds. The lowest BCUT2D eigenvalue weighted by Gasteiger charge is -2.14. The van der Waals surface area contributed by atoms with E-state index < -0.39 is 11.9 Å². The van der Waals surface area contributed by atoms with Gasteiger partial charge in [0.05, 0.1) is 6.54 Å². The SMILES string of the molecule is CC(CCCNC(=O)c1ccncc1)C(=O)NCC(=O)C(O)CCc1ccccc1. The smallest absolute Gasteiger partial charge is 0.251 e. The zero-order valence-electron chi connectivity index (χ0n) is 17.2. The first kappa shape index (κ1) is 23.2. The van der Waals surface area contributed by atoms with Crippen molar-refractivity contribution in [2.75, 3.05) is 13.1 Å². The summed E-state index contributed by atoms with van der Waals surface area (Å²) in [6.07, 6.45) is 4.16. The number of nitrogens with one attached hydrogen (secondary N) is 2. The Kier molecular flexibility index (Phi) is 9.67. The second kappa shape index (κ2) is 12.5. The van der Waals surface area contributed by atoms with Crippen molar-refractivity contribution in [1.82, 2.24) is 15.6 Å². The summed E-state index contributed by atoms with van der Waals surface area (Å²) < 4.78 is 0. The minimum Gasteiger partial charge on any atom is -0.385 e. The third-order valence-electron chi connectivity index (χ3n) is 4.85. The first-order valence-corrected chi connectivity index (χ1v) is 10.2. The number of nitrogens with zero attached hydrogens (tertiary/aromatic N) is 1. The molecule has 0 spiro atoms. The fraction of sp³-hybridized carbons (Fsp3) is 0.391. The van der Waals surface area contributed by atoms with Gasteiger partial charge in [0.1, 0.15) is 6.10 Å². The molecule has 1 heterocycles. The third kappa shape index (κ3) is 8.13. The fourth-order valence-corrected chi connectivity index (χ4v) is 2.92. The number of aromatic nitrogens is 1. The van der Waals surface area contributed by atoms with Gasteiger partial charge in [-0.2, -0.15) is 0 Å². The van der Waals surface area contributed by atoms with E-state index >= 15 is 0 Å². The number of rotatable bonds is 12. The Morgan fingerprint density at radius 3 is 2.40 bits per heavy atom. The van der Waals surface area contributed by atoms with E-state index in [1.165, 1.54) is 0 Å². The van der Waals surface area contributed by atoms with Crippen LogP contribution in [0.5, 0.6) is 0 Å². The molecule has 1 aromatic carbocycles. The molecule has 2 aromatic rings. The van der Waals surface area contributed by atoms with Crippen LogP contribution >= 0.6 is 0 Å². The van der Waals surface area contributed by atoms with Crippen LogP contribution in [0, 0.1) is 5.92 Å². The summed E-state index contributed by atoms with van der Waals surface area (Å²) in [5.41, 5.74) is 1.60. The zero-order valence-corrected chi connectivity index (χ0v) is 17.2. The van der Waals surface area contributed by atoms with Gasteiger partial charge in [-0.25, -0.2) is 0 Å². The summed E-state index contributed by atoms with van der Waals surface area (Å²) in [5.74, 6) is -1.10. The van der Waals surface area contributed by atoms with E-state index in [9.17, 15) is 19.5 Å². The number of Topliss-reactive ketones (excluding diaryl/α,β-unsaturated/α-hetero) is 1. The molecule has 0 radical (unpaired) electrons. The topological polar surface area (TPSA) is 108 Å². The van der Waals surface area contributed by atoms with E-state index in [1.807, 2.05) is 30.3 Å². The number of pyridine rings is 1. The van der Waals surface area contributed by atoms with Gasteiger partial charge >= 0.3 is 0 Å². The number of aryl methyl sites for hydroxylation is 1. The van der Waals surface area contributed by atoms with Gasteiger partial charge in [-0.3, -0.25) is 19.4 Å². The molecule has 7 nitrogen and oxygen atoms in total. The van der Waals surface area contributed by atoms with E-state index in [0.29, 0.717) is 37.8 Å². The van der Waals surface area contributed by atoms with Gasteiger partial charge < -0.3 is 15.7 Å². The standard InChI is InChI=1S/C23H29N3O4/c1-17(6-5-13-25-23(30)19-11-14-24-15-12-19)22(29)26-16-21(28)20(27)10-9-18-7-3-2-4-8-18/h2-4,7-8,11-12,14-15,17,20,27H,5-6,9-10,13,16H2,1H3,(H,25,30)(H,26,29). The summed E-state index contributed by atoms with van der Waals surface area (Å²) in [6, 6.07) is 12.9. The molecule has 7 heteroatoms. The highest BCUT2D eigenvalue weighted by molar-refractivity contribution is 5.94. The zero-order chi connectivity index (χ0) is 21.8. The van der Waals surface area contributed by atoms with Crippen molar-refractivity contribution >= 4 is 17.6 Å². The van der Waals surface area contributed by atoms with Gasteiger partial charge in [0.2, 0.25) is 5.91 Å². The molecule has 0 aliphatic rings. The minimum absolute atomic E-state index is 0.176. The van der Waals surface area contributed by atoms with Gasteiger partial charge in [-0.1, -0.05) is 37.3 Å². The first-order chi connectivity index (χ1) is 14.5. The number of benzene rings is 1. The van der Waals surface area contributed by atoms with Crippen molar-refractivity contribution in [3.63, 3.8) is 0 Å². The van der Waals surface area contributed by atoms with Gasteiger partial charge in [-0.05, 0) is 43.4 Å². The van der Waals surface area contributed by atoms with Crippen molar-refractivity contribution in [1.29, 1.82) is 0 Å². The predicted octanol–water partition coefficient (Wildman–Crippen LogP) is 1.91. The molecular formula is C23H29N3O4. The minimum atomic E-state index is -1.09. The van der Waals surface area contributed by atoms with Gasteiger partial charge in [0.15, 0.2) is 5.78 Å². The van der Waals surface area contributed by atoms with Crippen LogP contribution in [0.2, 0.25) is 0 Å². The van der Waals surface area contributed by atoms with Crippen LogP contribution in [0.4, 0.5) is 0 Å². The third-order valence-corrected chi connectivity index (χ3v) is 4.85. The van der Waals surface area contributed by atoms with E-state index in [4.69, 9.17) is 0 Å². The normalized spacial score (nSPS) is 12.6. The summed E-state index contributed by atoms with van der Waals surface area (Å²) in [4.78, 5) is 40.0. The lowest BCUT2D eigenvalue weighted by atomic mass is 10.0. The van der Waals surface area contributed by atoms with Crippen LogP contribution in [-0.4, -0.2) is 46.9 Å². The molecule has 0 bridgehead atoms. The van der Waals surface area contributed by atoms with Crippen LogP contribution in [-0.2, 0) is 16.0 Å². The number of carbonyl (C=O) groups excluding carboxylic acids is 3. The highest BCUT2D eigenvalue weighted by atomic mass is 16.3. The second-order valence-electron chi connectivity index (χ2n) is 7.26. The average molecular weight is 412 g/mol. The number of hydrogen-bond acceptors (Lipinski definition) is 5. The molecular weight excluding hydrogens is 382 g/mol. The number of aliphatic hydroxyl groups is 1. The highest BCUT2D eigenvalue weighted by Gasteiger charge is 2.18. The molecule has 30 heavy (non-hydrogen) atoms. The van der Waals surface area contributed by atoms with Crippen LogP contribution in [0.15, 0.2) is 54.9 Å². The molecule has 3 N–H and O–H groups in total. The van der Waals surface area contributed by atoms with E-state index in [1.54, 1.807) is 31.5 Å². The van der Waals surface area contributed by atoms with Crippen LogP contribution < -0.4 is 10.6 Å². The summed E-state index contributed by atoms with van der Waals surface area (Å²) >= 11 is 0. The van der Waals surface area contributed by atoms with Gasteiger partial charge in [0.25, 0.3) is 5.91 Å². The Labute approximate surface area is 176 Å². The van der Waals surface area contributed by atoms with E-state index in [2.05, 4.69) is 15.6 Å². The number of aliphatic hydroxyl groups excluding tert-OH is 1. The van der Waals surface area contributed by atoms with Gasteiger partial charge in [0, 0.05) is 30.4 Å². The lowest BCUT2D eigenvalue weighted by molar-refractivity contribution is -0.131. The monoisotopic (exact) mass is 411 g/mol. The fourth-order valence-electron chi connectivity index (χ4n) is 2.92. The summed E-state index contributed by atoms with van der Waals surface area (Å²) in [6.45, 7) is 2.05. The van der Waals surface area contributed by atoms with Crippen molar-refractivity contribution in [2.24, 2.45) is 5.92 Å². The summed E-state index contributed by atoms with van der Waals surface area (Å²) in [5, 5.41) is 15.4. The first-order valence-electron chi connectivity index (χ1n) is 10.2. The number of hydrogen-bond donors (Lipinski definition) is 3. The summed E-state index contributed by atoms with van der Waals surface area (Å²) in [7, 11) is 0. The molecule has 0 aliphatic heterocycles. The molecule has 0 aliphatic carbocycles. The number of carbonyl (C=O) groups is 3. The molecule has 0 saturated heterocycles. The molecule has 2 rings (SSSR count). The molecule has 0 fully saturated rings. The average Bonchev–Trinajstić information content (AvgIpc) is 2.79. The van der Waals surface area contributed by atoms with Crippen molar-refractivity contribution in [3.05, 3.63) is 66.0 Å². The predicted molar refractivity (Wildman–Crippen MR) is 114 cm³/mol. The van der Waals surface area contributed by atoms with E-state index in [0.717, 1.165) is 5.56 Å². The van der Waals surface area contributed by atoms with Gasteiger partial charge in [-0.15, -0.1) is 0 Å². The Bertz CT molecular complexity index is 812. The van der Waals surface area contributed by atoms with Crippen LogP contribution in [0.1, 0.15) is 42.1 Å².